The van der Waals surface area contributed by atoms with Gasteiger partial charge in [0, 0.05) is 0 Å². The van der Waals surface area contributed by atoms with Gasteiger partial charge in [0.05, 0.1) is 11.6 Å². The highest BCUT2D eigenvalue weighted by molar-refractivity contribution is 5.82. The molecule has 1 aromatic carbocycles. The molecule has 0 radical (unpaired) electrons. The predicted octanol–water partition coefficient (Wildman–Crippen LogP) is 2.99. The maximum Gasteiger partial charge on any atom is 0.150 e. The molecule has 0 amide bonds. The summed E-state index contributed by atoms with van der Waals surface area (Å²) in [7, 11) is 0. The van der Waals surface area contributed by atoms with Crippen LogP contribution in [0.15, 0.2) is 24.3 Å². The predicted molar refractivity (Wildman–Crippen MR) is 84.3 cm³/mol. The van der Waals surface area contributed by atoms with E-state index in [-0.39, 0.29) is 12.4 Å². The minimum Gasteiger partial charge on any atom is -0.491 e. The Bertz CT molecular complexity index is 453. The van der Waals surface area contributed by atoms with Gasteiger partial charge in [0.1, 0.15) is 12.4 Å². The summed E-state index contributed by atoms with van der Waals surface area (Å²) in [6.07, 6.45) is 3.26. The molecule has 1 aromatic rings. The van der Waals surface area contributed by atoms with Crippen molar-refractivity contribution < 1.29 is 14.6 Å². The quantitative estimate of drug-likeness (QED) is 0.734. The third-order valence-electron chi connectivity index (χ3n) is 3.59. The molecular weight excluding hydrogens is 266 g/mol. The summed E-state index contributed by atoms with van der Waals surface area (Å²) in [4.78, 5) is 11.3. The Balaban J connectivity index is 2.74. The van der Waals surface area contributed by atoms with Gasteiger partial charge in [0.15, 0.2) is 5.78 Å². The topological polar surface area (TPSA) is 72.6 Å². The number of ether oxygens (including phenoxy) is 1. The number of rotatable bonds is 9. The van der Waals surface area contributed by atoms with Crippen LogP contribution >= 0.6 is 0 Å². The molecule has 0 aliphatic heterocycles. The lowest BCUT2D eigenvalue weighted by Crippen LogP contribution is -2.35. The van der Waals surface area contributed by atoms with Gasteiger partial charge < -0.3 is 15.6 Å². The highest BCUT2D eigenvalue weighted by atomic mass is 16.5. The third kappa shape index (κ3) is 5.48. The fourth-order valence-electron chi connectivity index (χ4n) is 2.45. The lowest BCUT2D eigenvalue weighted by molar-refractivity contribution is -0.118. The van der Waals surface area contributed by atoms with E-state index in [1.54, 1.807) is 6.07 Å². The molecule has 0 fully saturated rings. The molecule has 1 atom stereocenters. The van der Waals surface area contributed by atoms with E-state index in [4.69, 9.17) is 10.5 Å². The molecule has 0 spiro atoms. The third-order valence-corrected chi connectivity index (χ3v) is 3.59. The van der Waals surface area contributed by atoms with Crippen molar-refractivity contribution in [3.63, 3.8) is 0 Å². The number of ketones is 1. The van der Waals surface area contributed by atoms with Crippen molar-refractivity contribution in [3.8, 4) is 5.75 Å². The Morgan fingerprint density at radius 1 is 1.33 bits per heavy atom. The fourth-order valence-corrected chi connectivity index (χ4v) is 2.45. The fraction of sp³-hybridized carbons (Fsp3) is 0.588. The smallest absolute Gasteiger partial charge is 0.150 e. The maximum atomic E-state index is 11.3. The second kappa shape index (κ2) is 8.15. The van der Waals surface area contributed by atoms with Crippen LogP contribution < -0.4 is 10.5 Å². The Kier molecular flexibility index (Phi) is 6.85. The Morgan fingerprint density at radius 3 is 2.48 bits per heavy atom. The van der Waals surface area contributed by atoms with Gasteiger partial charge in [-0.3, -0.25) is 4.79 Å². The van der Waals surface area contributed by atoms with Gasteiger partial charge in [-0.05, 0) is 37.5 Å². The zero-order chi connectivity index (χ0) is 15.9. The van der Waals surface area contributed by atoms with Crippen LogP contribution in [0.5, 0.6) is 5.75 Å². The molecule has 3 N–H and O–H groups in total. The molecule has 4 heteroatoms. The second-order valence-electron chi connectivity index (χ2n) is 5.67. The van der Waals surface area contributed by atoms with Crippen LogP contribution in [-0.2, 0) is 4.79 Å². The lowest BCUT2D eigenvalue weighted by Gasteiger charge is -2.27. The van der Waals surface area contributed by atoms with Gasteiger partial charge in [-0.1, -0.05) is 38.8 Å². The first-order valence-electron chi connectivity index (χ1n) is 7.63. The molecule has 0 aliphatic carbocycles. The maximum absolute atomic E-state index is 11.3. The van der Waals surface area contributed by atoms with Crippen LogP contribution in [0, 0.1) is 0 Å². The van der Waals surface area contributed by atoms with E-state index in [1.807, 2.05) is 32.0 Å². The van der Waals surface area contributed by atoms with Gasteiger partial charge in [-0.15, -0.1) is 0 Å². The van der Waals surface area contributed by atoms with Crippen LogP contribution in [0.4, 0.5) is 0 Å². The van der Waals surface area contributed by atoms with Crippen molar-refractivity contribution in [2.45, 2.75) is 58.1 Å². The van der Waals surface area contributed by atoms with Gasteiger partial charge >= 0.3 is 0 Å². The summed E-state index contributed by atoms with van der Waals surface area (Å²) in [6.45, 7) is 5.83. The number of aliphatic hydroxyl groups is 1. The van der Waals surface area contributed by atoms with Crippen LogP contribution in [0.1, 0.15) is 58.1 Å². The van der Waals surface area contributed by atoms with E-state index < -0.39 is 11.6 Å². The molecule has 0 saturated heterocycles. The highest BCUT2D eigenvalue weighted by Gasteiger charge is 2.26. The molecule has 118 valence electrons. The van der Waals surface area contributed by atoms with Crippen LogP contribution in [0.25, 0.3) is 0 Å². The van der Waals surface area contributed by atoms with Crippen molar-refractivity contribution in [2.75, 3.05) is 6.61 Å². The lowest BCUT2D eigenvalue weighted by atomic mass is 9.94. The zero-order valence-electron chi connectivity index (χ0n) is 13.3. The minimum absolute atomic E-state index is 0.0828. The highest BCUT2D eigenvalue weighted by Crippen LogP contribution is 2.23. The van der Waals surface area contributed by atoms with Crippen LogP contribution in [0.2, 0.25) is 0 Å². The number of carbonyl (C=O) groups is 1. The summed E-state index contributed by atoms with van der Waals surface area (Å²) in [5.74, 6) is 0.551. The van der Waals surface area contributed by atoms with E-state index in [2.05, 4.69) is 0 Å². The van der Waals surface area contributed by atoms with Crippen molar-refractivity contribution in [2.24, 2.45) is 5.73 Å². The number of Topliss-reactive ketones (excluding diaryl/α,β-unsaturated/α-hetero) is 1. The molecular formula is C17H27NO3. The van der Waals surface area contributed by atoms with Gasteiger partial charge in [0.25, 0.3) is 0 Å². The molecule has 0 aliphatic rings. The number of benzene rings is 1. The molecule has 0 bridgehead atoms. The van der Waals surface area contributed by atoms with Gasteiger partial charge in [-0.25, -0.2) is 0 Å². The average Bonchev–Trinajstić information content (AvgIpc) is 2.45. The van der Waals surface area contributed by atoms with Crippen molar-refractivity contribution in [3.05, 3.63) is 29.8 Å². The first kappa shape index (κ1) is 17.7. The molecule has 0 heterocycles. The van der Waals surface area contributed by atoms with E-state index in [1.165, 1.54) is 6.92 Å². The molecule has 0 aromatic heterocycles. The standard InChI is InChI=1S/C17H27NO3/c1-4-9-17(20,10-5-2)12-21-15-8-6-7-14(11-15)16(18)13(3)19/h6-8,11,16,20H,4-5,9-10,12,18H2,1-3H3. The van der Waals surface area contributed by atoms with E-state index >= 15 is 0 Å². The molecule has 0 saturated carbocycles. The Hall–Kier alpha value is -1.39. The van der Waals surface area contributed by atoms with Crippen LogP contribution in [0.3, 0.4) is 0 Å². The number of nitrogens with two attached hydrogens (primary N) is 1. The minimum atomic E-state index is -0.789. The summed E-state index contributed by atoms with van der Waals surface area (Å²) in [5, 5.41) is 10.5. The average molecular weight is 293 g/mol. The summed E-state index contributed by atoms with van der Waals surface area (Å²) < 4.78 is 5.73. The molecule has 4 nitrogen and oxygen atoms in total. The normalized spacial score (nSPS) is 13.0. The number of carbonyl (C=O) groups excluding carboxylic acids is 1. The van der Waals surface area contributed by atoms with Crippen LogP contribution in [-0.4, -0.2) is 23.1 Å². The van der Waals surface area contributed by atoms with E-state index in [0.717, 1.165) is 18.4 Å². The van der Waals surface area contributed by atoms with Gasteiger partial charge in [0.2, 0.25) is 0 Å². The van der Waals surface area contributed by atoms with Crippen molar-refractivity contribution >= 4 is 5.78 Å². The number of hydrogen-bond acceptors (Lipinski definition) is 4. The summed E-state index contributed by atoms with van der Waals surface area (Å²) in [6, 6.07) is 6.58. The monoisotopic (exact) mass is 293 g/mol. The first-order valence-corrected chi connectivity index (χ1v) is 7.63. The second-order valence-corrected chi connectivity index (χ2v) is 5.67. The molecule has 1 rings (SSSR count). The molecule has 1 unspecified atom stereocenters. The Morgan fingerprint density at radius 2 is 1.95 bits per heavy atom. The van der Waals surface area contributed by atoms with Crippen molar-refractivity contribution in [1.82, 2.24) is 0 Å². The van der Waals surface area contributed by atoms with E-state index in [0.29, 0.717) is 18.6 Å². The van der Waals surface area contributed by atoms with Gasteiger partial charge in [-0.2, -0.15) is 0 Å². The summed E-state index contributed by atoms with van der Waals surface area (Å²) in [5.41, 5.74) is 5.77. The summed E-state index contributed by atoms with van der Waals surface area (Å²) >= 11 is 0. The number of hydrogen-bond donors (Lipinski definition) is 2. The first-order chi connectivity index (χ1) is 9.91. The van der Waals surface area contributed by atoms with Crippen molar-refractivity contribution in [1.29, 1.82) is 0 Å². The molecule has 21 heavy (non-hydrogen) atoms. The van der Waals surface area contributed by atoms with E-state index in [9.17, 15) is 9.90 Å². The Labute approximate surface area is 127 Å². The SMILES string of the molecule is CCCC(O)(CCC)COc1cccc(C(N)C(C)=O)c1. The largest absolute Gasteiger partial charge is 0.491 e. The zero-order valence-corrected chi connectivity index (χ0v) is 13.3.